The number of piperidine rings is 2. The summed E-state index contributed by atoms with van der Waals surface area (Å²) in [6, 6.07) is 1.59. The molecule has 0 aromatic carbocycles. The second-order valence-electron chi connectivity index (χ2n) is 8.75. The van der Waals surface area contributed by atoms with Gasteiger partial charge in [0.1, 0.15) is 11.5 Å². The number of H-pyrrole nitrogens is 1. The number of hydrogen-bond acceptors (Lipinski definition) is 6. The molecule has 1 amide bonds. The Labute approximate surface area is 213 Å². The number of nitrogens with one attached hydrogen (secondary N) is 2. The van der Waals surface area contributed by atoms with Crippen molar-refractivity contribution in [1.82, 2.24) is 20.3 Å². The zero-order valence-electron chi connectivity index (χ0n) is 17.6. The molecule has 2 aromatic heterocycles. The Morgan fingerprint density at radius 3 is 2.33 bits per heavy atom. The van der Waals surface area contributed by atoms with Crippen LogP contribution in [0, 0.1) is 18.8 Å². The number of hydrogen-bond donors (Lipinski definition) is 3. The van der Waals surface area contributed by atoms with E-state index in [1.165, 1.54) is 12.5 Å². The third kappa shape index (κ3) is 4.56. The summed E-state index contributed by atoms with van der Waals surface area (Å²) in [5.74, 6) is 0.359. The minimum absolute atomic E-state index is 0. The molecule has 5 rings (SSSR count). The van der Waals surface area contributed by atoms with Gasteiger partial charge in [-0.1, -0.05) is 23.2 Å². The van der Waals surface area contributed by atoms with Crippen LogP contribution in [0.3, 0.4) is 0 Å². The van der Waals surface area contributed by atoms with Gasteiger partial charge in [-0.25, -0.2) is 9.78 Å². The van der Waals surface area contributed by atoms with Crippen LogP contribution < -0.4 is 15.1 Å². The second-order valence-corrected chi connectivity index (χ2v) is 9.51. The van der Waals surface area contributed by atoms with Crippen LogP contribution in [0.4, 0.5) is 11.8 Å². The first-order valence-electron chi connectivity index (χ1n) is 10.8. The number of amides is 1. The molecule has 0 radical (unpaired) electrons. The van der Waals surface area contributed by atoms with E-state index in [-0.39, 0.29) is 59.1 Å². The Morgan fingerprint density at radius 1 is 1.09 bits per heavy atom. The molecule has 3 fully saturated rings. The first-order valence-corrected chi connectivity index (χ1v) is 11.6. The molecule has 9 nitrogen and oxygen atoms in total. The van der Waals surface area contributed by atoms with Gasteiger partial charge in [0.25, 0.3) is 5.91 Å². The van der Waals surface area contributed by atoms with Gasteiger partial charge in [0.05, 0.1) is 10.0 Å². The number of carbonyl (C=O) groups excluding carboxylic acids is 1. The zero-order valence-corrected chi connectivity index (χ0v) is 19.1. The van der Waals surface area contributed by atoms with Crippen LogP contribution in [0.1, 0.15) is 45.9 Å². The first-order chi connectivity index (χ1) is 15.3. The second kappa shape index (κ2) is 9.38. The Bertz CT molecular complexity index is 1080. The molecule has 0 bridgehead atoms. The predicted molar refractivity (Wildman–Crippen MR) is 128 cm³/mol. The molecular formula is C21H25Cl2LiN6O3. The molecule has 3 N–H and O–H groups in total. The van der Waals surface area contributed by atoms with Gasteiger partial charge in [0.15, 0.2) is 5.69 Å². The van der Waals surface area contributed by atoms with Gasteiger partial charge in [-0.15, -0.1) is 0 Å². The van der Waals surface area contributed by atoms with Crippen molar-refractivity contribution in [3.63, 3.8) is 0 Å². The van der Waals surface area contributed by atoms with E-state index in [0.29, 0.717) is 35.6 Å². The number of aromatic amines is 1. The van der Waals surface area contributed by atoms with Crippen molar-refractivity contribution in [3.05, 3.63) is 33.2 Å². The summed E-state index contributed by atoms with van der Waals surface area (Å²) < 4.78 is 0. The van der Waals surface area contributed by atoms with E-state index in [4.69, 9.17) is 23.2 Å². The van der Waals surface area contributed by atoms with Gasteiger partial charge in [0, 0.05) is 55.8 Å². The van der Waals surface area contributed by atoms with Crippen LogP contribution in [0.5, 0.6) is 0 Å². The minimum atomic E-state index is -1.06. The maximum absolute atomic E-state index is 12.6. The summed E-state index contributed by atoms with van der Waals surface area (Å²) in [6.45, 7) is 4.84. The van der Waals surface area contributed by atoms with E-state index in [9.17, 15) is 14.7 Å². The predicted octanol–water partition coefficient (Wildman–Crippen LogP) is 2.32. The monoisotopic (exact) mass is 486 g/mol. The average molecular weight is 487 g/mol. The van der Waals surface area contributed by atoms with Gasteiger partial charge < -0.3 is 25.2 Å². The number of nitrogens with zero attached hydrogens (tertiary/aromatic N) is 4. The van der Waals surface area contributed by atoms with Crippen molar-refractivity contribution in [2.45, 2.75) is 32.2 Å². The zero-order chi connectivity index (χ0) is 22.6. The molecule has 4 heterocycles. The van der Waals surface area contributed by atoms with Crippen LogP contribution >= 0.6 is 23.2 Å². The number of aryl methyl sites for hydroxylation is 1. The molecule has 12 heteroatoms. The van der Waals surface area contributed by atoms with Crippen molar-refractivity contribution in [1.29, 1.82) is 0 Å². The average Bonchev–Trinajstić information content (AvgIpc) is 3.11. The van der Waals surface area contributed by atoms with E-state index >= 15 is 0 Å². The number of rotatable bonds is 5. The topological polar surface area (TPSA) is 114 Å². The number of carboxylic acid groups (broad SMARTS) is 1. The standard InChI is InChI=1S/C21H24Cl2N6O3.Li.H/c1-10-15(22)16(23)18(24-10)19(30)27-17-11-8-29(9-12(11)17)14-7-13(20(31)32)25-21(26-14)28-5-3-2-4-6-28;;/h7,11-12,17,24H,2-6,8-9H2,1H3,(H,27,30)(H,31,32);;/t11-,12+,17+;;. The van der Waals surface area contributed by atoms with Gasteiger partial charge in [-0.2, -0.15) is 4.98 Å². The molecule has 0 unspecified atom stereocenters. The molecule has 2 aromatic rings. The Balaban J connectivity index is 0.00000259. The normalized spacial score (nSPS) is 23.7. The van der Waals surface area contributed by atoms with Crippen molar-refractivity contribution < 1.29 is 14.7 Å². The van der Waals surface area contributed by atoms with Gasteiger partial charge in [-0.05, 0) is 26.2 Å². The van der Waals surface area contributed by atoms with Crippen LogP contribution in [0.2, 0.25) is 10.0 Å². The van der Waals surface area contributed by atoms with E-state index in [1.807, 2.05) is 0 Å². The van der Waals surface area contributed by atoms with Crippen molar-refractivity contribution in [3.8, 4) is 0 Å². The van der Waals surface area contributed by atoms with Crippen molar-refractivity contribution in [2.75, 3.05) is 36.0 Å². The maximum atomic E-state index is 12.6. The van der Waals surface area contributed by atoms with Gasteiger partial charge in [-0.3, -0.25) is 4.79 Å². The summed E-state index contributed by atoms with van der Waals surface area (Å²) >= 11 is 12.2. The Hall–Kier alpha value is -1.92. The number of carboxylic acids is 1. The Kier molecular flexibility index (Phi) is 6.88. The third-order valence-electron chi connectivity index (χ3n) is 6.66. The fourth-order valence-corrected chi connectivity index (χ4v) is 5.22. The fourth-order valence-electron chi connectivity index (χ4n) is 4.81. The van der Waals surface area contributed by atoms with E-state index in [1.54, 1.807) is 6.92 Å². The number of carbonyl (C=O) groups is 2. The summed E-state index contributed by atoms with van der Waals surface area (Å²) in [7, 11) is 0. The fraction of sp³-hybridized carbons (Fsp3) is 0.524. The van der Waals surface area contributed by atoms with Gasteiger partial charge >= 0.3 is 24.8 Å². The molecule has 33 heavy (non-hydrogen) atoms. The van der Waals surface area contributed by atoms with Crippen molar-refractivity contribution >= 4 is 65.7 Å². The summed E-state index contributed by atoms with van der Waals surface area (Å²) in [5.41, 5.74) is 0.949. The molecule has 1 saturated carbocycles. The number of aromatic nitrogens is 3. The van der Waals surface area contributed by atoms with E-state index in [0.717, 1.165) is 25.9 Å². The molecule has 1 aliphatic carbocycles. The van der Waals surface area contributed by atoms with Crippen LogP contribution in [-0.4, -0.2) is 83.0 Å². The SMILES string of the molecule is Cc1[nH]c(C(=O)N[C@H]2[C@@H]3CN(c4cc(C(=O)O)nc(N5CCCCC5)n4)C[C@@H]32)c(Cl)c1Cl.[LiH]. The summed E-state index contributed by atoms with van der Waals surface area (Å²) in [5, 5.41) is 13.2. The van der Waals surface area contributed by atoms with Crippen LogP contribution in [-0.2, 0) is 0 Å². The molecule has 3 atom stereocenters. The van der Waals surface area contributed by atoms with E-state index < -0.39 is 5.97 Å². The number of anilines is 2. The number of fused-ring (bicyclic) bond motifs is 1. The third-order valence-corrected chi connectivity index (χ3v) is 7.60. The number of aromatic carboxylic acids is 1. The number of halogens is 2. The molecule has 2 aliphatic heterocycles. The molecule has 172 valence electrons. The van der Waals surface area contributed by atoms with Crippen LogP contribution in [0.25, 0.3) is 0 Å². The molecule has 0 spiro atoms. The Morgan fingerprint density at radius 2 is 1.76 bits per heavy atom. The van der Waals surface area contributed by atoms with Crippen LogP contribution in [0.15, 0.2) is 6.07 Å². The van der Waals surface area contributed by atoms with Gasteiger partial charge in [0.2, 0.25) is 5.95 Å². The molecule has 2 saturated heterocycles. The summed E-state index contributed by atoms with van der Waals surface area (Å²) in [6.07, 6.45) is 3.28. The van der Waals surface area contributed by atoms with Crippen molar-refractivity contribution in [2.24, 2.45) is 11.8 Å². The molecule has 3 aliphatic rings. The quantitative estimate of drug-likeness (QED) is 0.555. The summed E-state index contributed by atoms with van der Waals surface area (Å²) in [4.78, 5) is 40.3. The molecular weight excluding hydrogens is 462 g/mol. The first kappa shape index (κ1) is 24.2. The van der Waals surface area contributed by atoms with E-state index in [2.05, 4.69) is 30.1 Å².